The SMILES string of the molecule is CCCCCCOc1ccc(Cl)cc1/C=C1\C(=O)NC(=O)N(c2cccc(Cl)c2)C1=O. The van der Waals surface area contributed by atoms with Crippen LogP contribution in [0.25, 0.3) is 6.08 Å². The molecule has 0 bridgehead atoms. The molecule has 6 nitrogen and oxygen atoms in total. The van der Waals surface area contributed by atoms with Gasteiger partial charge >= 0.3 is 6.03 Å². The number of hydrogen-bond acceptors (Lipinski definition) is 4. The van der Waals surface area contributed by atoms with Gasteiger partial charge < -0.3 is 4.74 Å². The van der Waals surface area contributed by atoms with Crippen molar-refractivity contribution in [3.63, 3.8) is 0 Å². The number of nitrogens with one attached hydrogen (secondary N) is 1. The van der Waals surface area contributed by atoms with Crippen LogP contribution in [-0.4, -0.2) is 24.5 Å². The molecule has 0 spiro atoms. The molecular weight excluding hydrogens is 439 g/mol. The monoisotopic (exact) mass is 460 g/mol. The molecule has 0 atom stereocenters. The molecule has 2 aromatic rings. The molecule has 2 aromatic carbocycles. The number of benzene rings is 2. The summed E-state index contributed by atoms with van der Waals surface area (Å²) in [5.41, 5.74) is 0.520. The summed E-state index contributed by atoms with van der Waals surface area (Å²) in [6.45, 7) is 2.64. The number of nitrogens with zero attached hydrogens (tertiary/aromatic N) is 1. The van der Waals surface area contributed by atoms with E-state index in [0.29, 0.717) is 28.0 Å². The molecule has 0 unspecified atom stereocenters. The number of carbonyl (C=O) groups excluding carboxylic acids is 3. The molecular formula is C23H22Cl2N2O4. The average Bonchev–Trinajstić information content (AvgIpc) is 2.72. The summed E-state index contributed by atoms with van der Waals surface area (Å²) in [5, 5.41) is 2.97. The molecule has 0 aromatic heterocycles. The van der Waals surface area contributed by atoms with Crippen LogP contribution in [0.5, 0.6) is 5.75 Å². The predicted octanol–water partition coefficient (Wildman–Crippen LogP) is 5.62. The van der Waals surface area contributed by atoms with Gasteiger partial charge in [-0.25, -0.2) is 9.69 Å². The Labute approximate surface area is 190 Å². The van der Waals surface area contributed by atoms with Gasteiger partial charge in [0, 0.05) is 15.6 Å². The Morgan fingerprint density at radius 2 is 1.77 bits per heavy atom. The quantitative estimate of drug-likeness (QED) is 0.315. The van der Waals surface area contributed by atoms with Crippen LogP contribution in [0.4, 0.5) is 10.5 Å². The molecule has 3 rings (SSSR count). The Morgan fingerprint density at radius 3 is 2.52 bits per heavy atom. The van der Waals surface area contributed by atoms with E-state index in [9.17, 15) is 14.4 Å². The highest BCUT2D eigenvalue weighted by Gasteiger charge is 2.37. The lowest BCUT2D eigenvalue weighted by molar-refractivity contribution is -0.122. The number of amides is 4. The second kappa shape index (κ2) is 10.5. The Balaban J connectivity index is 1.90. The zero-order valence-corrected chi connectivity index (χ0v) is 18.5. The van der Waals surface area contributed by atoms with E-state index in [1.807, 2.05) is 0 Å². The molecule has 1 fully saturated rings. The fraction of sp³-hybridized carbons (Fsp3) is 0.261. The maximum atomic E-state index is 13.1. The van der Waals surface area contributed by atoms with Crippen molar-refractivity contribution in [1.29, 1.82) is 0 Å². The average molecular weight is 461 g/mol. The van der Waals surface area contributed by atoms with E-state index in [1.54, 1.807) is 36.4 Å². The van der Waals surface area contributed by atoms with Crippen molar-refractivity contribution < 1.29 is 19.1 Å². The summed E-state index contributed by atoms with van der Waals surface area (Å²) in [4.78, 5) is 38.7. The van der Waals surface area contributed by atoms with E-state index in [2.05, 4.69) is 12.2 Å². The number of halogens is 2. The van der Waals surface area contributed by atoms with Crippen LogP contribution in [0.3, 0.4) is 0 Å². The van der Waals surface area contributed by atoms with Crippen LogP contribution < -0.4 is 15.0 Å². The van der Waals surface area contributed by atoms with Crippen molar-refractivity contribution in [1.82, 2.24) is 5.32 Å². The van der Waals surface area contributed by atoms with Crippen molar-refractivity contribution in [3.8, 4) is 5.75 Å². The number of barbiturate groups is 1. The Hall–Kier alpha value is -2.83. The maximum Gasteiger partial charge on any atom is 0.335 e. The standard InChI is InChI=1S/C23H22Cl2N2O4/c1-2-3-4-5-11-31-20-10-9-17(25)12-15(20)13-19-21(28)26-23(30)27(22(19)29)18-8-6-7-16(24)14-18/h6-10,12-14H,2-5,11H2,1H3,(H,26,28,30)/b19-13+. The highest BCUT2D eigenvalue weighted by molar-refractivity contribution is 6.39. The molecule has 1 aliphatic heterocycles. The molecule has 4 amide bonds. The summed E-state index contributed by atoms with van der Waals surface area (Å²) >= 11 is 12.1. The highest BCUT2D eigenvalue weighted by atomic mass is 35.5. The predicted molar refractivity (Wildman–Crippen MR) is 122 cm³/mol. The van der Waals surface area contributed by atoms with Gasteiger partial charge in [0.1, 0.15) is 11.3 Å². The number of rotatable bonds is 8. The summed E-state index contributed by atoms with van der Waals surface area (Å²) in [7, 11) is 0. The Kier molecular flexibility index (Phi) is 7.71. The van der Waals surface area contributed by atoms with Crippen molar-refractivity contribution in [3.05, 3.63) is 63.6 Å². The van der Waals surface area contributed by atoms with Gasteiger partial charge in [0.25, 0.3) is 11.8 Å². The molecule has 162 valence electrons. The van der Waals surface area contributed by atoms with Gasteiger partial charge in [-0.05, 0) is 48.9 Å². The largest absolute Gasteiger partial charge is 0.493 e. The third kappa shape index (κ3) is 5.66. The summed E-state index contributed by atoms with van der Waals surface area (Å²) in [5.74, 6) is -1.05. The van der Waals surface area contributed by atoms with Gasteiger partial charge in [-0.15, -0.1) is 0 Å². The molecule has 31 heavy (non-hydrogen) atoms. The smallest absolute Gasteiger partial charge is 0.335 e. The number of unbranched alkanes of at least 4 members (excludes halogenated alkanes) is 3. The first-order valence-electron chi connectivity index (χ1n) is 10.00. The van der Waals surface area contributed by atoms with Crippen LogP contribution in [0.15, 0.2) is 48.0 Å². The number of imide groups is 2. The molecule has 1 heterocycles. The van der Waals surface area contributed by atoms with Gasteiger partial charge in [-0.2, -0.15) is 0 Å². The molecule has 1 N–H and O–H groups in total. The van der Waals surface area contributed by atoms with E-state index in [4.69, 9.17) is 27.9 Å². The highest BCUT2D eigenvalue weighted by Crippen LogP contribution is 2.29. The summed E-state index contributed by atoms with van der Waals surface area (Å²) < 4.78 is 5.85. The Bertz CT molecular complexity index is 1040. The lowest BCUT2D eigenvalue weighted by Gasteiger charge is -2.26. The van der Waals surface area contributed by atoms with Crippen molar-refractivity contribution in [2.45, 2.75) is 32.6 Å². The minimum absolute atomic E-state index is 0.210. The Morgan fingerprint density at radius 1 is 1.00 bits per heavy atom. The summed E-state index contributed by atoms with van der Waals surface area (Å²) in [6, 6.07) is 10.4. The molecule has 0 radical (unpaired) electrons. The van der Waals surface area contributed by atoms with Crippen LogP contribution in [0.2, 0.25) is 10.0 Å². The molecule has 0 aliphatic carbocycles. The van der Waals surface area contributed by atoms with Crippen molar-refractivity contribution >= 4 is 52.8 Å². The number of hydrogen-bond donors (Lipinski definition) is 1. The van der Waals surface area contributed by atoms with E-state index in [1.165, 1.54) is 12.1 Å². The lowest BCUT2D eigenvalue weighted by atomic mass is 10.1. The number of carbonyl (C=O) groups is 3. The summed E-state index contributed by atoms with van der Waals surface area (Å²) in [6.07, 6.45) is 5.58. The first-order valence-corrected chi connectivity index (χ1v) is 10.8. The normalized spacial score (nSPS) is 15.4. The minimum atomic E-state index is -0.840. The van der Waals surface area contributed by atoms with E-state index >= 15 is 0 Å². The number of urea groups is 1. The zero-order chi connectivity index (χ0) is 22.4. The molecule has 1 saturated heterocycles. The number of ether oxygens (including phenoxy) is 1. The van der Waals surface area contributed by atoms with Crippen molar-refractivity contribution in [2.75, 3.05) is 11.5 Å². The van der Waals surface area contributed by atoms with Crippen LogP contribution >= 0.6 is 23.2 Å². The topological polar surface area (TPSA) is 75.7 Å². The first kappa shape index (κ1) is 22.8. The third-order valence-corrected chi connectivity index (χ3v) is 5.17. The lowest BCUT2D eigenvalue weighted by Crippen LogP contribution is -2.54. The van der Waals surface area contributed by atoms with Gasteiger partial charge in [-0.3, -0.25) is 14.9 Å². The maximum absolute atomic E-state index is 13.1. The van der Waals surface area contributed by atoms with Crippen LogP contribution in [0.1, 0.15) is 38.2 Å². The van der Waals surface area contributed by atoms with Crippen LogP contribution in [0, 0.1) is 0 Å². The second-order valence-corrected chi connectivity index (χ2v) is 7.90. The van der Waals surface area contributed by atoms with Crippen molar-refractivity contribution in [2.24, 2.45) is 0 Å². The zero-order valence-electron chi connectivity index (χ0n) is 17.0. The van der Waals surface area contributed by atoms with Gasteiger partial charge in [0.05, 0.1) is 12.3 Å². The minimum Gasteiger partial charge on any atom is -0.493 e. The van der Waals surface area contributed by atoms with Gasteiger partial charge in [0.2, 0.25) is 0 Å². The molecule has 8 heteroatoms. The fourth-order valence-corrected chi connectivity index (χ4v) is 3.50. The molecule has 1 aliphatic rings. The van der Waals surface area contributed by atoms with E-state index < -0.39 is 17.8 Å². The second-order valence-electron chi connectivity index (χ2n) is 7.03. The third-order valence-electron chi connectivity index (χ3n) is 4.70. The van der Waals surface area contributed by atoms with Gasteiger partial charge in [-0.1, -0.05) is 55.5 Å². The van der Waals surface area contributed by atoms with E-state index in [0.717, 1.165) is 30.6 Å². The number of anilines is 1. The van der Waals surface area contributed by atoms with Gasteiger partial charge in [0.15, 0.2) is 0 Å². The van der Waals surface area contributed by atoms with E-state index in [-0.39, 0.29) is 11.3 Å². The first-order chi connectivity index (χ1) is 14.9. The van der Waals surface area contributed by atoms with Crippen LogP contribution in [-0.2, 0) is 9.59 Å². The fourth-order valence-electron chi connectivity index (χ4n) is 3.14. The molecule has 0 saturated carbocycles.